The summed E-state index contributed by atoms with van der Waals surface area (Å²) in [6.45, 7) is 1.67. The van der Waals surface area contributed by atoms with Gasteiger partial charge in [0, 0.05) is 45.5 Å². The van der Waals surface area contributed by atoms with Crippen LogP contribution >= 0.6 is 35.6 Å². The van der Waals surface area contributed by atoms with E-state index in [0.717, 1.165) is 36.9 Å². The van der Waals surface area contributed by atoms with Gasteiger partial charge in [-0.3, -0.25) is 9.67 Å². The summed E-state index contributed by atoms with van der Waals surface area (Å²) in [5, 5.41) is 8.34. The molecule has 0 aliphatic heterocycles. The van der Waals surface area contributed by atoms with Gasteiger partial charge in [-0.05, 0) is 36.1 Å². The fraction of sp³-hybridized carbons (Fsp3) is 0.412. The Kier molecular flexibility index (Phi) is 9.13. The third-order valence-electron chi connectivity index (χ3n) is 3.59. The molecule has 24 heavy (non-hydrogen) atoms. The van der Waals surface area contributed by atoms with Gasteiger partial charge in [-0.1, -0.05) is 23.7 Å². The van der Waals surface area contributed by atoms with Crippen LogP contribution in [0.3, 0.4) is 0 Å². The highest BCUT2D eigenvalue weighted by molar-refractivity contribution is 14.0. The van der Waals surface area contributed by atoms with Crippen LogP contribution in [0.25, 0.3) is 0 Å². The Labute approximate surface area is 166 Å². The molecule has 2 rings (SSSR count). The van der Waals surface area contributed by atoms with E-state index in [0.29, 0.717) is 0 Å². The van der Waals surface area contributed by atoms with E-state index in [4.69, 9.17) is 11.6 Å². The van der Waals surface area contributed by atoms with Crippen LogP contribution in [0.2, 0.25) is 5.02 Å². The van der Waals surface area contributed by atoms with E-state index in [1.807, 2.05) is 56.3 Å². The first-order valence-corrected chi connectivity index (χ1v) is 8.10. The maximum absolute atomic E-state index is 5.92. The normalized spacial score (nSPS) is 11.1. The summed E-state index contributed by atoms with van der Waals surface area (Å²) in [7, 11) is 5.78. The largest absolute Gasteiger partial charge is 0.356 e. The minimum atomic E-state index is 0. The predicted molar refractivity (Wildman–Crippen MR) is 111 cm³/mol. The third-order valence-corrected chi connectivity index (χ3v) is 3.84. The molecule has 0 atom stereocenters. The molecule has 0 bridgehead atoms. The van der Waals surface area contributed by atoms with Gasteiger partial charge in [0.1, 0.15) is 0 Å². The number of aliphatic imine (C=N–C) groups is 1. The Balaban J connectivity index is 0.00000288. The lowest BCUT2D eigenvalue weighted by atomic mass is 10.2. The molecule has 0 saturated heterocycles. The number of aryl methyl sites for hydroxylation is 2. The lowest BCUT2D eigenvalue weighted by Gasteiger charge is -2.22. The molecule has 0 saturated carbocycles. The predicted octanol–water partition coefficient (Wildman–Crippen LogP) is 3.33. The average molecular weight is 462 g/mol. The molecule has 1 heterocycles. The molecule has 0 fully saturated rings. The molecule has 7 heteroatoms. The lowest BCUT2D eigenvalue weighted by Crippen LogP contribution is -2.38. The van der Waals surface area contributed by atoms with Crippen molar-refractivity contribution in [3.8, 4) is 0 Å². The van der Waals surface area contributed by atoms with Crippen LogP contribution in [0.4, 0.5) is 0 Å². The van der Waals surface area contributed by atoms with Crippen molar-refractivity contribution in [2.45, 2.75) is 19.4 Å². The van der Waals surface area contributed by atoms with E-state index in [1.54, 1.807) is 0 Å². The summed E-state index contributed by atoms with van der Waals surface area (Å²) in [5.74, 6) is 0.895. The molecule has 1 aromatic carbocycles. The molecule has 0 amide bonds. The molecule has 5 nitrogen and oxygen atoms in total. The van der Waals surface area contributed by atoms with Gasteiger partial charge in [0.15, 0.2) is 5.96 Å². The maximum Gasteiger partial charge on any atom is 0.193 e. The molecule has 0 aliphatic carbocycles. The molecular weight excluding hydrogens is 437 g/mol. The van der Waals surface area contributed by atoms with Crippen molar-refractivity contribution < 1.29 is 0 Å². The summed E-state index contributed by atoms with van der Waals surface area (Å²) in [5.41, 5.74) is 2.47. The Morgan fingerprint density at radius 3 is 2.58 bits per heavy atom. The van der Waals surface area contributed by atoms with E-state index in [-0.39, 0.29) is 24.0 Å². The van der Waals surface area contributed by atoms with Gasteiger partial charge in [-0.15, -0.1) is 24.0 Å². The maximum atomic E-state index is 5.92. The van der Waals surface area contributed by atoms with E-state index in [9.17, 15) is 0 Å². The van der Waals surface area contributed by atoms with Crippen molar-refractivity contribution in [1.29, 1.82) is 0 Å². The molecular formula is C17H25ClIN5. The first-order valence-electron chi connectivity index (χ1n) is 7.72. The minimum absolute atomic E-state index is 0. The zero-order valence-electron chi connectivity index (χ0n) is 14.4. The number of hydrogen-bond acceptors (Lipinski definition) is 2. The van der Waals surface area contributed by atoms with Crippen molar-refractivity contribution in [2.24, 2.45) is 12.0 Å². The minimum Gasteiger partial charge on any atom is -0.356 e. The average Bonchev–Trinajstić information content (AvgIpc) is 2.95. The summed E-state index contributed by atoms with van der Waals surface area (Å²) >= 11 is 5.92. The molecule has 0 unspecified atom stereocenters. The first-order chi connectivity index (χ1) is 11.1. The fourth-order valence-corrected chi connectivity index (χ4v) is 2.54. The molecule has 1 aromatic heterocycles. The van der Waals surface area contributed by atoms with E-state index in [1.165, 1.54) is 11.1 Å². The van der Waals surface area contributed by atoms with Gasteiger partial charge in [-0.25, -0.2) is 0 Å². The SMILES string of the molecule is CN=C(NCCCc1cnn(C)c1)N(C)Cc1ccc(Cl)cc1.I. The van der Waals surface area contributed by atoms with Crippen molar-refractivity contribution in [3.63, 3.8) is 0 Å². The number of halogens is 2. The number of aromatic nitrogens is 2. The highest BCUT2D eigenvalue weighted by Gasteiger charge is 2.06. The second kappa shape index (κ2) is 10.6. The number of rotatable bonds is 6. The van der Waals surface area contributed by atoms with Crippen LogP contribution in [0.1, 0.15) is 17.5 Å². The van der Waals surface area contributed by atoms with Crippen LogP contribution in [0.5, 0.6) is 0 Å². The van der Waals surface area contributed by atoms with Crippen LogP contribution in [0, 0.1) is 0 Å². The van der Waals surface area contributed by atoms with Gasteiger partial charge < -0.3 is 10.2 Å². The number of nitrogens with one attached hydrogen (secondary N) is 1. The van der Waals surface area contributed by atoms with Gasteiger partial charge in [0.2, 0.25) is 0 Å². The van der Waals surface area contributed by atoms with Crippen molar-refractivity contribution in [3.05, 3.63) is 52.8 Å². The Bertz CT molecular complexity index is 639. The van der Waals surface area contributed by atoms with E-state index in [2.05, 4.69) is 26.5 Å². The molecule has 0 aliphatic rings. The first kappa shape index (κ1) is 20.8. The van der Waals surface area contributed by atoms with Crippen molar-refractivity contribution >= 4 is 41.5 Å². The van der Waals surface area contributed by atoms with E-state index >= 15 is 0 Å². The highest BCUT2D eigenvalue weighted by atomic mass is 127. The van der Waals surface area contributed by atoms with Crippen LogP contribution in [-0.2, 0) is 20.0 Å². The molecule has 0 radical (unpaired) electrons. The quantitative estimate of drug-likeness (QED) is 0.311. The standard InChI is InChI=1S/C17H24ClN5.HI/c1-19-17(20-10-4-5-15-11-21-23(3)13-15)22(2)12-14-6-8-16(18)9-7-14;/h6-9,11,13H,4-5,10,12H2,1-3H3,(H,19,20);1H. The van der Waals surface area contributed by atoms with Gasteiger partial charge >= 0.3 is 0 Å². The highest BCUT2D eigenvalue weighted by Crippen LogP contribution is 2.11. The lowest BCUT2D eigenvalue weighted by molar-refractivity contribution is 0.476. The number of benzene rings is 1. The van der Waals surface area contributed by atoms with Gasteiger partial charge in [-0.2, -0.15) is 5.10 Å². The van der Waals surface area contributed by atoms with E-state index < -0.39 is 0 Å². The number of nitrogens with zero attached hydrogens (tertiary/aromatic N) is 4. The Morgan fingerprint density at radius 2 is 2.00 bits per heavy atom. The fourth-order valence-electron chi connectivity index (χ4n) is 2.42. The van der Waals surface area contributed by atoms with Crippen molar-refractivity contribution in [1.82, 2.24) is 20.0 Å². The Hall–Kier alpha value is -1.28. The number of guanidine groups is 1. The summed E-state index contributed by atoms with van der Waals surface area (Å²) in [4.78, 5) is 6.44. The number of hydrogen-bond donors (Lipinski definition) is 1. The second-order valence-corrected chi connectivity index (χ2v) is 6.02. The zero-order chi connectivity index (χ0) is 16.7. The topological polar surface area (TPSA) is 45.5 Å². The second-order valence-electron chi connectivity index (χ2n) is 5.58. The smallest absolute Gasteiger partial charge is 0.193 e. The van der Waals surface area contributed by atoms with Gasteiger partial charge in [0.25, 0.3) is 0 Å². The van der Waals surface area contributed by atoms with Gasteiger partial charge in [0.05, 0.1) is 6.20 Å². The summed E-state index contributed by atoms with van der Waals surface area (Å²) in [6, 6.07) is 7.90. The summed E-state index contributed by atoms with van der Waals surface area (Å²) in [6.07, 6.45) is 6.03. The third kappa shape index (κ3) is 6.68. The van der Waals surface area contributed by atoms with Crippen molar-refractivity contribution in [2.75, 3.05) is 20.6 Å². The Morgan fingerprint density at radius 1 is 1.29 bits per heavy atom. The molecule has 132 valence electrons. The molecule has 1 N–H and O–H groups in total. The monoisotopic (exact) mass is 461 g/mol. The van der Waals surface area contributed by atoms with Crippen LogP contribution in [-0.4, -0.2) is 41.3 Å². The summed E-state index contributed by atoms with van der Waals surface area (Å²) < 4.78 is 1.83. The zero-order valence-corrected chi connectivity index (χ0v) is 17.5. The van der Waals surface area contributed by atoms with Crippen LogP contribution in [0.15, 0.2) is 41.7 Å². The molecule has 2 aromatic rings. The molecule has 0 spiro atoms. The van der Waals surface area contributed by atoms with Crippen LogP contribution < -0.4 is 5.32 Å².